The minimum Gasteiger partial charge on any atom is -0.396 e. The molecule has 98 valence electrons. The van der Waals surface area contributed by atoms with Crippen LogP contribution in [0.15, 0.2) is 18.5 Å². The van der Waals surface area contributed by atoms with Gasteiger partial charge in [-0.05, 0) is 18.9 Å². The van der Waals surface area contributed by atoms with Gasteiger partial charge in [-0.2, -0.15) is 10.2 Å². The summed E-state index contributed by atoms with van der Waals surface area (Å²) in [5.74, 6) is 0.0431. The molecule has 1 heterocycles. The van der Waals surface area contributed by atoms with Crippen LogP contribution in [-0.4, -0.2) is 33.9 Å². The second kappa shape index (κ2) is 6.44. The number of aliphatic hydroxyl groups is 1. The third kappa shape index (κ3) is 3.26. The van der Waals surface area contributed by atoms with Gasteiger partial charge < -0.3 is 10.4 Å². The zero-order valence-electron chi connectivity index (χ0n) is 10.4. The molecule has 1 amide bonds. The van der Waals surface area contributed by atoms with Crippen molar-refractivity contribution in [2.24, 2.45) is 5.92 Å². The fourth-order valence-electron chi connectivity index (χ4n) is 2.47. The van der Waals surface area contributed by atoms with Crippen LogP contribution in [0.2, 0.25) is 0 Å². The molecule has 1 aromatic heterocycles. The fraction of sp³-hybridized carbons (Fsp3) is 0.615. The monoisotopic (exact) mass is 249 g/mol. The molecular formula is C13H19N3O2. The molecular weight excluding hydrogens is 230 g/mol. The maximum absolute atomic E-state index is 12.0. The summed E-state index contributed by atoms with van der Waals surface area (Å²) < 4.78 is 0. The van der Waals surface area contributed by atoms with Gasteiger partial charge in [0.25, 0.3) is 5.91 Å². The van der Waals surface area contributed by atoms with E-state index in [1.807, 2.05) is 0 Å². The van der Waals surface area contributed by atoms with Gasteiger partial charge in [-0.3, -0.25) is 4.79 Å². The van der Waals surface area contributed by atoms with Crippen LogP contribution in [0, 0.1) is 5.92 Å². The first kappa shape index (κ1) is 13.0. The number of hydrogen-bond acceptors (Lipinski definition) is 4. The summed E-state index contributed by atoms with van der Waals surface area (Å²) >= 11 is 0. The van der Waals surface area contributed by atoms with Crippen LogP contribution < -0.4 is 5.32 Å². The molecule has 0 aliphatic heterocycles. The Bertz CT molecular complexity index is 383. The van der Waals surface area contributed by atoms with Crippen LogP contribution in [0.4, 0.5) is 0 Å². The molecule has 0 radical (unpaired) electrons. The number of rotatable bonds is 3. The maximum atomic E-state index is 12.0. The zero-order valence-corrected chi connectivity index (χ0v) is 10.4. The summed E-state index contributed by atoms with van der Waals surface area (Å²) in [5.41, 5.74) is 0.519. The highest BCUT2D eigenvalue weighted by Crippen LogP contribution is 2.23. The molecule has 5 nitrogen and oxygen atoms in total. The van der Waals surface area contributed by atoms with Gasteiger partial charge in [0.05, 0.1) is 18.0 Å². The van der Waals surface area contributed by atoms with Crippen molar-refractivity contribution in [1.82, 2.24) is 15.5 Å². The number of nitrogens with one attached hydrogen (secondary N) is 1. The van der Waals surface area contributed by atoms with Crippen LogP contribution >= 0.6 is 0 Å². The Morgan fingerprint density at radius 2 is 2.17 bits per heavy atom. The van der Waals surface area contributed by atoms with E-state index < -0.39 is 0 Å². The minimum absolute atomic E-state index is 0.0677. The molecule has 5 heteroatoms. The highest BCUT2D eigenvalue weighted by Gasteiger charge is 2.24. The van der Waals surface area contributed by atoms with Gasteiger partial charge in [0, 0.05) is 18.6 Å². The van der Waals surface area contributed by atoms with Crippen molar-refractivity contribution in [3.05, 3.63) is 24.0 Å². The summed E-state index contributed by atoms with van der Waals surface area (Å²) in [7, 11) is 0. The van der Waals surface area contributed by atoms with Gasteiger partial charge in [-0.1, -0.05) is 19.3 Å². The molecule has 0 aromatic carbocycles. The zero-order chi connectivity index (χ0) is 12.8. The van der Waals surface area contributed by atoms with Crippen LogP contribution in [0.5, 0.6) is 0 Å². The number of nitrogens with zero attached hydrogens (tertiary/aromatic N) is 2. The molecule has 2 unspecified atom stereocenters. The molecule has 1 aliphatic carbocycles. The number of hydrogen-bond donors (Lipinski definition) is 2. The predicted octanol–water partition coefficient (Wildman–Crippen LogP) is 1.15. The van der Waals surface area contributed by atoms with E-state index in [2.05, 4.69) is 15.5 Å². The Morgan fingerprint density at radius 3 is 2.89 bits per heavy atom. The predicted molar refractivity (Wildman–Crippen MR) is 66.9 cm³/mol. The van der Waals surface area contributed by atoms with Crippen molar-refractivity contribution >= 4 is 5.91 Å². The fourth-order valence-corrected chi connectivity index (χ4v) is 2.47. The van der Waals surface area contributed by atoms with Crippen molar-refractivity contribution in [2.75, 3.05) is 6.61 Å². The summed E-state index contributed by atoms with van der Waals surface area (Å²) in [6.07, 6.45) is 8.31. The average molecular weight is 249 g/mol. The normalized spacial score (nSPS) is 24.3. The molecule has 2 rings (SSSR count). The van der Waals surface area contributed by atoms with Crippen LogP contribution in [0.1, 0.15) is 42.5 Å². The smallest absolute Gasteiger partial charge is 0.253 e. The summed E-state index contributed by atoms with van der Waals surface area (Å²) in [6.45, 7) is 0.138. The van der Waals surface area contributed by atoms with Gasteiger partial charge >= 0.3 is 0 Å². The number of carbonyl (C=O) groups is 1. The van der Waals surface area contributed by atoms with Gasteiger partial charge in [-0.15, -0.1) is 0 Å². The number of amides is 1. The molecule has 1 fully saturated rings. The topological polar surface area (TPSA) is 75.1 Å². The quantitative estimate of drug-likeness (QED) is 0.788. The molecule has 0 spiro atoms. The van der Waals surface area contributed by atoms with E-state index in [-0.39, 0.29) is 24.5 Å². The standard InChI is InChI=1S/C13H19N3O2/c17-9-11-4-2-1-3-5-12(11)16-13(18)10-6-7-14-15-8-10/h6-8,11-12,17H,1-5,9H2,(H,16,18). The first-order valence-corrected chi connectivity index (χ1v) is 6.49. The van der Waals surface area contributed by atoms with Gasteiger partial charge in [0.15, 0.2) is 0 Å². The van der Waals surface area contributed by atoms with E-state index in [9.17, 15) is 9.90 Å². The lowest BCUT2D eigenvalue weighted by Gasteiger charge is -2.24. The molecule has 1 saturated carbocycles. The first-order valence-electron chi connectivity index (χ1n) is 6.49. The molecule has 0 bridgehead atoms. The molecule has 2 N–H and O–H groups in total. The third-order valence-electron chi connectivity index (χ3n) is 3.56. The van der Waals surface area contributed by atoms with Crippen molar-refractivity contribution in [2.45, 2.75) is 38.1 Å². The number of aromatic nitrogens is 2. The van der Waals surface area contributed by atoms with E-state index in [0.717, 1.165) is 25.7 Å². The van der Waals surface area contributed by atoms with Gasteiger partial charge in [0.1, 0.15) is 0 Å². The lowest BCUT2D eigenvalue weighted by Crippen LogP contribution is -2.41. The number of carbonyl (C=O) groups excluding carboxylic acids is 1. The molecule has 1 aliphatic rings. The van der Waals surface area contributed by atoms with Crippen LogP contribution in [0.3, 0.4) is 0 Å². The Morgan fingerprint density at radius 1 is 1.33 bits per heavy atom. The van der Waals surface area contributed by atoms with Crippen molar-refractivity contribution in [3.63, 3.8) is 0 Å². The summed E-state index contributed by atoms with van der Waals surface area (Å²) in [5, 5.41) is 19.8. The first-order chi connectivity index (χ1) is 8.81. The van der Waals surface area contributed by atoms with E-state index in [1.54, 1.807) is 6.07 Å². The highest BCUT2D eigenvalue weighted by atomic mass is 16.3. The Labute approximate surface area is 107 Å². The number of aliphatic hydroxyl groups excluding tert-OH is 1. The van der Waals surface area contributed by atoms with Gasteiger partial charge in [-0.25, -0.2) is 0 Å². The average Bonchev–Trinajstić information content (AvgIpc) is 2.64. The van der Waals surface area contributed by atoms with E-state index >= 15 is 0 Å². The summed E-state index contributed by atoms with van der Waals surface area (Å²) in [4.78, 5) is 12.0. The Hall–Kier alpha value is -1.49. The van der Waals surface area contributed by atoms with E-state index in [0.29, 0.717) is 5.56 Å². The minimum atomic E-state index is -0.129. The lowest BCUT2D eigenvalue weighted by molar-refractivity contribution is 0.0899. The van der Waals surface area contributed by atoms with Crippen LogP contribution in [-0.2, 0) is 0 Å². The Balaban J connectivity index is 2.00. The largest absolute Gasteiger partial charge is 0.396 e. The van der Waals surface area contributed by atoms with Crippen molar-refractivity contribution < 1.29 is 9.90 Å². The Kier molecular flexibility index (Phi) is 4.64. The second-order valence-corrected chi connectivity index (χ2v) is 4.79. The molecule has 18 heavy (non-hydrogen) atoms. The van der Waals surface area contributed by atoms with Crippen LogP contribution in [0.25, 0.3) is 0 Å². The molecule has 0 saturated heterocycles. The lowest BCUT2D eigenvalue weighted by atomic mass is 9.95. The maximum Gasteiger partial charge on any atom is 0.253 e. The third-order valence-corrected chi connectivity index (χ3v) is 3.56. The molecule has 1 aromatic rings. The SMILES string of the molecule is O=C(NC1CCCCCC1CO)c1ccnnc1. The van der Waals surface area contributed by atoms with E-state index in [1.165, 1.54) is 18.8 Å². The van der Waals surface area contributed by atoms with Gasteiger partial charge in [0.2, 0.25) is 0 Å². The molecule has 2 atom stereocenters. The highest BCUT2D eigenvalue weighted by molar-refractivity contribution is 5.93. The second-order valence-electron chi connectivity index (χ2n) is 4.79. The van der Waals surface area contributed by atoms with Crippen molar-refractivity contribution in [3.8, 4) is 0 Å². The van der Waals surface area contributed by atoms with Crippen molar-refractivity contribution in [1.29, 1.82) is 0 Å². The van der Waals surface area contributed by atoms with E-state index in [4.69, 9.17) is 0 Å². The summed E-state index contributed by atoms with van der Waals surface area (Å²) in [6, 6.07) is 1.71.